The lowest BCUT2D eigenvalue weighted by Crippen LogP contribution is -2.18. The van der Waals surface area contributed by atoms with E-state index in [1.165, 1.54) is 6.21 Å². The highest BCUT2D eigenvalue weighted by atomic mass is 79.9. The molecule has 0 heterocycles. The van der Waals surface area contributed by atoms with Gasteiger partial charge < -0.3 is 4.74 Å². The van der Waals surface area contributed by atoms with Crippen LogP contribution in [0.2, 0.25) is 5.02 Å². The van der Waals surface area contributed by atoms with Crippen molar-refractivity contribution in [3.8, 4) is 5.75 Å². The molecule has 0 fully saturated rings. The number of ether oxygens (including phenoxy) is 1. The molecular weight excluding hydrogens is 392 g/mol. The minimum absolute atomic E-state index is 0.162. The number of hydrazone groups is 1. The second-order valence-corrected chi connectivity index (χ2v) is 6.46. The highest BCUT2D eigenvalue weighted by Gasteiger charge is 2.03. The van der Waals surface area contributed by atoms with Crippen LogP contribution in [-0.4, -0.2) is 18.7 Å². The summed E-state index contributed by atoms with van der Waals surface area (Å²) in [6.07, 6.45) is 2.47. The van der Waals surface area contributed by atoms with Gasteiger partial charge >= 0.3 is 0 Å². The number of benzene rings is 2. The van der Waals surface area contributed by atoms with Crippen LogP contribution in [0.1, 0.15) is 24.0 Å². The number of carbonyl (C=O) groups is 1. The van der Waals surface area contributed by atoms with Crippen molar-refractivity contribution in [2.75, 3.05) is 6.61 Å². The maximum Gasteiger partial charge on any atom is 0.240 e. The molecule has 1 amide bonds. The monoisotopic (exact) mass is 408 g/mol. The van der Waals surface area contributed by atoms with Gasteiger partial charge in [0.05, 0.1) is 17.3 Å². The van der Waals surface area contributed by atoms with Crippen LogP contribution in [0.15, 0.2) is 52.0 Å². The second kappa shape index (κ2) is 9.45. The summed E-state index contributed by atoms with van der Waals surface area (Å²) < 4.78 is 6.56. The van der Waals surface area contributed by atoms with Gasteiger partial charge in [0.15, 0.2) is 0 Å². The Kier molecular flexibility index (Phi) is 7.28. The number of aryl methyl sites for hydroxylation is 1. The summed E-state index contributed by atoms with van der Waals surface area (Å²) in [5.74, 6) is 0.614. The molecule has 0 aliphatic carbocycles. The normalized spacial score (nSPS) is 10.8. The number of nitrogens with zero attached hydrogens (tertiary/aromatic N) is 1. The number of amides is 1. The van der Waals surface area contributed by atoms with Crippen LogP contribution in [0.3, 0.4) is 0 Å². The lowest BCUT2D eigenvalue weighted by atomic mass is 10.2. The van der Waals surface area contributed by atoms with Gasteiger partial charge in [-0.25, -0.2) is 5.43 Å². The zero-order chi connectivity index (χ0) is 17.4. The molecule has 0 saturated heterocycles. The summed E-state index contributed by atoms with van der Waals surface area (Å²) in [6, 6.07) is 13.2. The Bertz CT molecular complexity index is 735. The predicted molar refractivity (Wildman–Crippen MR) is 101 cm³/mol. The summed E-state index contributed by atoms with van der Waals surface area (Å²) in [6.45, 7) is 2.48. The van der Waals surface area contributed by atoms with E-state index < -0.39 is 0 Å². The van der Waals surface area contributed by atoms with Crippen LogP contribution in [-0.2, 0) is 4.79 Å². The molecule has 0 atom stereocenters. The predicted octanol–water partition coefficient (Wildman–Crippen LogP) is 4.72. The highest BCUT2D eigenvalue weighted by Crippen LogP contribution is 2.25. The summed E-state index contributed by atoms with van der Waals surface area (Å²) in [7, 11) is 0. The molecule has 2 aromatic rings. The van der Waals surface area contributed by atoms with Gasteiger partial charge in [-0.1, -0.05) is 35.9 Å². The van der Waals surface area contributed by atoms with Crippen LogP contribution >= 0.6 is 27.5 Å². The van der Waals surface area contributed by atoms with Crippen molar-refractivity contribution in [3.63, 3.8) is 0 Å². The molecule has 6 heteroatoms. The molecule has 126 valence electrons. The maximum atomic E-state index is 11.7. The van der Waals surface area contributed by atoms with E-state index in [9.17, 15) is 4.79 Å². The van der Waals surface area contributed by atoms with E-state index in [-0.39, 0.29) is 5.91 Å². The molecule has 0 radical (unpaired) electrons. The number of nitrogens with one attached hydrogen (secondary N) is 1. The molecule has 0 spiro atoms. The summed E-state index contributed by atoms with van der Waals surface area (Å²) in [4.78, 5) is 11.7. The largest absolute Gasteiger partial charge is 0.492 e. The van der Waals surface area contributed by atoms with Gasteiger partial charge in [0.2, 0.25) is 5.91 Å². The summed E-state index contributed by atoms with van der Waals surface area (Å²) in [5, 5.41) is 4.50. The molecular formula is C18H18BrClN2O2. The van der Waals surface area contributed by atoms with Crippen LogP contribution in [0.5, 0.6) is 5.75 Å². The molecule has 0 unspecified atom stereocenters. The van der Waals surface area contributed by atoms with Crippen molar-refractivity contribution in [3.05, 3.63) is 63.1 Å². The first-order valence-corrected chi connectivity index (χ1v) is 8.69. The Morgan fingerprint density at radius 2 is 2.12 bits per heavy atom. The first-order valence-electron chi connectivity index (χ1n) is 7.51. The molecule has 24 heavy (non-hydrogen) atoms. The molecule has 0 saturated carbocycles. The van der Waals surface area contributed by atoms with Crippen molar-refractivity contribution in [2.45, 2.75) is 19.8 Å². The third-order valence-electron chi connectivity index (χ3n) is 3.19. The van der Waals surface area contributed by atoms with E-state index in [4.69, 9.17) is 16.3 Å². The van der Waals surface area contributed by atoms with Gasteiger partial charge in [-0.05, 0) is 53.0 Å². The standard InChI is InChI=1S/C18H18BrClN2O2/c1-13-8-9-17(15(19)11-13)24-10-4-7-18(23)22-21-12-14-5-2-3-6-16(14)20/h2-3,5-6,8-9,11-12H,4,7,10H2,1H3,(H,22,23)/b21-12+. The van der Waals surface area contributed by atoms with Crippen LogP contribution in [0.25, 0.3) is 0 Å². The summed E-state index contributed by atoms with van der Waals surface area (Å²) >= 11 is 9.45. The second-order valence-electron chi connectivity index (χ2n) is 5.20. The fourth-order valence-electron chi connectivity index (χ4n) is 1.95. The van der Waals surface area contributed by atoms with Crippen molar-refractivity contribution >= 4 is 39.7 Å². The molecule has 2 rings (SSSR count). The third kappa shape index (κ3) is 5.98. The van der Waals surface area contributed by atoms with Crippen LogP contribution < -0.4 is 10.2 Å². The van der Waals surface area contributed by atoms with Crippen LogP contribution in [0, 0.1) is 6.92 Å². The number of hydrogen-bond donors (Lipinski definition) is 1. The molecule has 0 aliphatic heterocycles. The Hall–Kier alpha value is -1.85. The number of rotatable bonds is 7. The van der Waals surface area contributed by atoms with Gasteiger partial charge in [0, 0.05) is 17.0 Å². The lowest BCUT2D eigenvalue weighted by Gasteiger charge is -2.08. The smallest absolute Gasteiger partial charge is 0.240 e. The zero-order valence-electron chi connectivity index (χ0n) is 13.3. The fraction of sp³-hybridized carbons (Fsp3) is 0.222. The molecule has 0 aromatic heterocycles. The minimum Gasteiger partial charge on any atom is -0.492 e. The van der Waals surface area contributed by atoms with E-state index in [1.54, 1.807) is 6.07 Å². The Labute approximate surface area is 155 Å². The van der Waals surface area contributed by atoms with E-state index in [0.29, 0.717) is 24.5 Å². The van der Waals surface area contributed by atoms with Gasteiger partial charge in [-0.2, -0.15) is 5.10 Å². The molecule has 1 N–H and O–H groups in total. The van der Waals surface area contributed by atoms with Crippen LogP contribution in [0.4, 0.5) is 0 Å². The number of hydrogen-bond acceptors (Lipinski definition) is 3. The quantitative estimate of drug-likeness (QED) is 0.409. The maximum absolute atomic E-state index is 11.7. The third-order valence-corrected chi connectivity index (χ3v) is 4.16. The van der Waals surface area contributed by atoms with Gasteiger partial charge in [0.25, 0.3) is 0 Å². The lowest BCUT2D eigenvalue weighted by molar-refractivity contribution is -0.121. The molecule has 0 bridgehead atoms. The Morgan fingerprint density at radius 3 is 2.88 bits per heavy atom. The minimum atomic E-state index is -0.162. The van der Waals surface area contributed by atoms with E-state index in [0.717, 1.165) is 21.3 Å². The average molecular weight is 410 g/mol. The molecule has 2 aromatic carbocycles. The van der Waals surface area contributed by atoms with Gasteiger partial charge in [-0.3, -0.25) is 4.79 Å². The Morgan fingerprint density at radius 1 is 1.33 bits per heavy atom. The zero-order valence-corrected chi connectivity index (χ0v) is 15.6. The number of halogens is 2. The fourth-order valence-corrected chi connectivity index (χ4v) is 2.74. The van der Waals surface area contributed by atoms with E-state index >= 15 is 0 Å². The topological polar surface area (TPSA) is 50.7 Å². The Balaban J connectivity index is 1.69. The van der Waals surface area contributed by atoms with E-state index in [1.807, 2.05) is 43.3 Å². The highest BCUT2D eigenvalue weighted by molar-refractivity contribution is 9.10. The average Bonchev–Trinajstić information content (AvgIpc) is 2.55. The molecule has 4 nitrogen and oxygen atoms in total. The van der Waals surface area contributed by atoms with Crippen molar-refractivity contribution < 1.29 is 9.53 Å². The van der Waals surface area contributed by atoms with Crippen molar-refractivity contribution in [2.24, 2.45) is 5.10 Å². The molecule has 0 aliphatic rings. The van der Waals surface area contributed by atoms with Crippen molar-refractivity contribution in [1.29, 1.82) is 0 Å². The first kappa shape index (κ1) is 18.5. The first-order chi connectivity index (χ1) is 11.6. The van der Waals surface area contributed by atoms with Gasteiger partial charge in [-0.15, -0.1) is 0 Å². The number of carbonyl (C=O) groups excluding carboxylic acids is 1. The summed E-state index contributed by atoms with van der Waals surface area (Å²) in [5.41, 5.74) is 4.40. The van der Waals surface area contributed by atoms with Crippen molar-refractivity contribution in [1.82, 2.24) is 5.43 Å². The van der Waals surface area contributed by atoms with Gasteiger partial charge in [0.1, 0.15) is 5.75 Å². The SMILES string of the molecule is Cc1ccc(OCCCC(=O)N/N=C/c2ccccc2Cl)c(Br)c1. The van der Waals surface area contributed by atoms with E-state index in [2.05, 4.69) is 26.5 Å².